The molecule has 14 nitrogen and oxygen atoms in total. The Balaban J connectivity index is 2.90. The van der Waals surface area contributed by atoms with E-state index < -0.39 is 75.1 Å². The first kappa shape index (κ1) is 61.4. The lowest BCUT2D eigenvalue weighted by molar-refractivity contribution is -0.256. The third kappa shape index (κ3) is 33.5. The van der Waals surface area contributed by atoms with Gasteiger partial charge in [-0.25, -0.2) is 4.57 Å². The summed E-state index contributed by atoms with van der Waals surface area (Å²) in [6.45, 7) is 5.74. The van der Waals surface area contributed by atoms with Gasteiger partial charge >= 0.3 is 19.8 Å². The van der Waals surface area contributed by atoms with Gasteiger partial charge in [0, 0.05) is 6.42 Å². The Kier molecular flexibility index (Phi) is 38.0. The molecule has 0 aromatic heterocycles. The zero-order chi connectivity index (χ0) is 48.0. The molecule has 0 aliphatic carbocycles. The van der Waals surface area contributed by atoms with Gasteiger partial charge in [0.15, 0.2) is 12.4 Å². The smallest absolute Gasteiger partial charge is 0.462 e. The third-order valence-corrected chi connectivity index (χ3v) is 13.1. The normalized spacial score (nSPS) is 19.8. The predicted molar refractivity (Wildman–Crippen MR) is 256 cm³/mol. The molecule has 1 amide bonds. The number of carbonyl (C=O) groups is 3. The summed E-state index contributed by atoms with van der Waals surface area (Å²) in [5.41, 5.74) is 0. The largest absolute Gasteiger partial charge is 0.470 e. The highest BCUT2D eigenvalue weighted by molar-refractivity contribution is 7.46. The predicted octanol–water partition coefficient (Wildman–Crippen LogP) is 10.9. The molecule has 65 heavy (non-hydrogen) atoms. The quantitative estimate of drug-likeness (QED) is 0.0190. The number of hydrogen-bond acceptors (Lipinski definition) is 11. The summed E-state index contributed by atoms with van der Waals surface area (Å²) in [7, 11) is -5.29. The van der Waals surface area contributed by atoms with Crippen LogP contribution in [0.4, 0.5) is 0 Å². The SMILES string of the molecule is CCCCCCCCCCCCCCCC(=O)OC(CCCCCCCCCCC)CC(=O)O[C@@H]1[C@@H](NC(=O)CC(O)CCCCCCCCCCC)[C@@H](O)O[C@H](CO)[C@H]1OP(=O)(O)O. The molecule has 0 bridgehead atoms. The van der Waals surface area contributed by atoms with E-state index in [-0.39, 0.29) is 19.3 Å². The van der Waals surface area contributed by atoms with E-state index in [2.05, 4.69) is 26.1 Å². The topological polar surface area (TPSA) is 218 Å². The van der Waals surface area contributed by atoms with Crippen LogP contribution in [0.25, 0.3) is 0 Å². The summed E-state index contributed by atoms with van der Waals surface area (Å²) in [4.78, 5) is 59.6. The van der Waals surface area contributed by atoms with E-state index in [9.17, 15) is 44.1 Å². The van der Waals surface area contributed by atoms with Crippen molar-refractivity contribution in [3.8, 4) is 0 Å². The van der Waals surface area contributed by atoms with Gasteiger partial charge in [0.2, 0.25) is 5.91 Å². The standard InChI is InChI=1S/C50H96NO13P/c1-4-7-10-13-16-19-20-21-22-25-28-31-34-37-45(55)61-42(36-33-30-27-24-18-15-12-9-6-3)39-46(56)63-49-47(50(57)62-43(40-52)48(49)64-65(58,59)60)51-44(54)38-41(53)35-32-29-26-23-17-14-11-8-5-2/h41-43,47-50,52-53,57H,4-40H2,1-3H3,(H,51,54)(H2,58,59,60)/t41?,42?,43-,47-,48-,49-,50+/m1/s1. The molecule has 7 atom stereocenters. The molecule has 0 saturated carbocycles. The summed E-state index contributed by atoms with van der Waals surface area (Å²) < 4.78 is 34.1. The van der Waals surface area contributed by atoms with Gasteiger partial charge in [-0.1, -0.05) is 207 Å². The maximum Gasteiger partial charge on any atom is 0.470 e. The first-order valence-corrected chi connectivity index (χ1v) is 27.9. The van der Waals surface area contributed by atoms with Gasteiger partial charge in [-0.05, 0) is 25.7 Å². The van der Waals surface area contributed by atoms with E-state index in [0.29, 0.717) is 25.7 Å². The zero-order valence-corrected chi connectivity index (χ0v) is 42.0. The fourth-order valence-electron chi connectivity index (χ4n) is 8.70. The fourth-order valence-corrected chi connectivity index (χ4v) is 9.27. The second-order valence-electron chi connectivity index (χ2n) is 18.8. The average molecular weight is 950 g/mol. The highest BCUT2D eigenvalue weighted by Crippen LogP contribution is 2.42. The van der Waals surface area contributed by atoms with Crippen LogP contribution in [-0.4, -0.2) is 92.4 Å². The Hall–Kier alpha value is -1.64. The molecule has 0 spiro atoms. The summed E-state index contributed by atoms with van der Waals surface area (Å²) in [5.74, 6) is -2.05. The van der Waals surface area contributed by atoms with Gasteiger partial charge in [0.25, 0.3) is 0 Å². The molecule has 1 aliphatic heterocycles. The number of hydrogen-bond donors (Lipinski definition) is 6. The molecule has 1 heterocycles. The zero-order valence-electron chi connectivity index (χ0n) is 41.2. The number of esters is 2. The first-order valence-electron chi connectivity index (χ1n) is 26.4. The number of aliphatic hydroxyl groups excluding tert-OH is 3. The van der Waals surface area contributed by atoms with E-state index in [1.807, 2.05) is 0 Å². The van der Waals surface area contributed by atoms with E-state index in [1.54, 1.807) is 0 Å². The number of phosphoric ester groups is 1. The summed E-state index contributed by atoms with van der Waals surface area (Å²) in [6.07, 6.45) is 26.3. The van der Waals surface area contributed by atoms with Crippen LogP contribution in [0.15, 0.2) is 0 Å². The molecule has 15 heteroatoms. The number of amides is 1. The van der Waals surface area contributed by atoms with Crippen LogP contribution in [0.3, 0.4) is 0 Å². The monoisotopic (exact) mass is 950 g/mol. The van der Waals surface area contributed by atoms with Gasteiger partial charge in [0.1, 0.15) is 24.4 Å². The van der Waals surface area contributed by atoms with Crippen LogP contribution >= 0.6 is 7.82 Å². The maximum atomic E-state index is 13.7. The fraction of sp³-hybridized carbons (Fsp3) is 0.940. The van der Waals surface area contributed by atoms with Crippen LogP contribution < -0.4 is 5.32 Å². The summed E-state index contributed by atoms with van der Waals surface area (Å²) >= 11 is 0. The summed E-state index contributed by atoms with van der Waals surface area (Å²) in [6, 6.07) is -1.58. The molecule has 0 radical (unpaired) electrons. The van der Waals surface area contributed by atoms with Gasteiger partial charge in [0.05, 0.1) is 25.6 Å². The molecule has 2 unspecified atom stereocenters. The number of ether oxygens (including phenoxy) is 3. The third-order valence-electron chi connectivity index (χ3n) is 12.6. The number of phosphoric acid groups is 1. The van der Waals surface area contributed by atoms with Crippen LogP contribution in [-0.2, 0) is 37.7 Å². The molecule has 0 aromatic rings. The Labute approximate surface area is 394 Å². The number of unbranched alkanes of at least 4 members (excludes halogenated alkanes) is 28. The highest BCUT2D eigenvalue weighted by Gasteiger charge is 2.51. The molecule has 6 N–H and O–H groups in total. The van der Waals surface area contributed by atoms with Gasteiger partial charge < -0.3 is 44.6 Å². The Morgan fingerprint density at radius 2 is 1.00 bits per heavy atom. The molecule has 1 aliphatic rings. The molecule has 384 valence electrons. The van der Waals surface area contributed by atoms with Crippen molar-refractivity contribution in [2.24, 2.45) is 0 Å². The lowest BCUT2D eigenvalue weighted by atomic mass is 9.96. The van der Waals surface area contributed by atoms with E-state index in [4.69, 9.17) is 18.7 Å². The van der Waals surface area contributed by atoms with Crippen molar-refractivity contribution in [1.82, 2.24) is 5.32 Å². The minimum Gasteiger partial charge on any atom is -0.462 e. The van der Waals surface area contributed by atoms with Crippen molar-refractivity contribution in [2.75, 3.05) is 6.61 Å². The number of nitrogens with one attached hydrogen (secondary N) is 1. The molecule has 1 rings (SSSR count). The van der Waals surface area contributed by atoms with Crippen molar-refractivity contribution >= 4 is 25.7 Å². The van der Waals surface area contributed by atoms with Crippen molar-refractivity contribution in [1.29, 1.82) is 0 Å². The Morgan fingerprint density at radius 3 is 1.43 bits per heavy atom. The number of carbonyl (C=O) groups excluding carboxylic acids is 3. The lowest BCUT2D eigenvalue weighted by Gasteiger charge is -2.43. The Morgan fingerprint density at radius 1 is 0.585 bits per heavy atom. The highest BCUT2D eigenvalue weighted by atomic mass is 31.2. The van der Waals surface area contributed by atoms with E-state index in [0.717, 1.165) is 70.6 Å². The average Bonchev–Trinajstić information content (AvgIpc) is 3.25. The molecule has 1 fully saturated rings. The minimum absolute atomic E-state index is 0.211. The van der Waals surface area contributed by atoms with Gasteiger partial charge in [-0.2, -0.15) is 0 Å². The Bertz CT molecular complexity index is 1220. The van der Waals surface area contributed by atoms with Crippen molar-refractivity contribution in [3.05, 3.63) is 0 Å². The maximum absolute atomic E-state index is 13.7. The van der Waals surface area contributed by atoms with Gasteiger partial charge in [-0.3, -0.25) is 18.9 Å². The lowest BCUT2D eigenvalue weighted by Crippen LogP contribution is -2.65. The number of rotatable bonds is 44. The first-order chi connectivity index (χ1) is 31.3. The van der Waals surface area contributed by atoms with Crippen LogP contribution in [0.5, 0.6) is 0 Å². The van der Waals surface area contributed by atoms with Gasteiger partial charge in [-0.15, -0.1) is 0 Å². The van der Waals surface area contributed by atoms with Crippen molar-refractivity contribution in [2.45, 2.75) is 295 Å². The van der Waals surface area contributed by atoms with Crippen LogP contribution in [0.2, 0.25) is 0 Å². The second kappa shape index (κ2) is 40.3. The summed E-state index contributed by atoms with van der Waals surface area (Å²) in [5, 5.41) is 34.2. The van der Waals surface area contributed by atoms with E-state index in [1.165, 1.54) is 116 Å². The minimum atomic E-state index is -5.29. The van der Waals surface area contributed by atoms with Crippen molar-refractivity contribution in [3.63, 3.8) is 0 Å². The molecule has 0 aromatic carbocycles. The van der Waals surface area contributed by atoms with Crippen LogP contribution in [0.1, 0.15) is 252 Å². The molecule has 1 saturated heterocycles. The van der Waals surface area contributed by atoms with Crippen molar-refractivity contribution < 1.29 is 62.8 Å². The number of aliphatic hydroxyl groups is 3. The van der Waals surface area contributed by atoms with Crippen LogP contribution in [0, 0.1) is 0 Å². The second-order valence-corrected chi connectivity index (χ2v) is 19.9. The van der Waals surface area contributed by atoms with E-state index >= 15 is 0 Å². The molecular formula is C50H96NO13P. The molecular weight excluding hydrogens is 854 g/mol.